The van der Waals surface area contributed by atoms with Crippen LogP contribution < -0.4 is 11.5 Å². The number of benzene rings is 2. The van der Waals surface area contributed by atoms with Crippen molar-refractivity contribution in [2.24, 2.45) is 5.73 Å². The van der Waals surface area contributed by atoms with Gasteiger partial charge in [-0.15, -0.1) is 0 Å². The van der Waals surface area contributed by atoms with Gasteiger partial charge in [0.05, 0.1) is 4.90 Å². The minimum absolute atomic E-state index is 0.268. The minimum atomic E-state index is -3.24. The molecule has 27 heavy (non-hydrogen) atoms. The average molecular weight is 381 g/mol. The molecule has 1 aromatic heterocycles. The Morgan fingerprint density at radius 3 is 2.19 bits per heavy atom. The Bertz CT molecular complexity index is 1090. The molecule has 0 fully saturated rings. The molecule has 1 amide bonds. The van der Waals surface area contributed by atoms with E-state index in [2.05, 4.69) is 4.98 Å². The van der Waals surface area contributed by atoms with Gasteiger partial charge < -0.3 is 11.5 Å². The van der Waals surface area contributed by atoms with Crippen LogP contribution in [0.5, 0.6) is 0 Å². The molecule has 0 aliphatic rings. The Hall–Kier alpha value is -3.19. The number of pyridine rings is 1. The Kier molecular flexibility index (Phi) is 4.96. The van der Waals surface area contributed by atoms with Gasteiger partial charge in [0.15, 0.2) is 9.84 Å². The quantitative estimate of drug-likeness (QED) is 0.704. The van der Waals surface area contributed by atoms with Crippen LogP contribution in [0.1, 0.15) is 21.5 Å². The van der Waals surface area contributed by atoms with Gasteiger partial charge in [-0.05, 0) is 47.0 Å². The van der Waals surface area contributed by atoms with Gasteiger partial charge in [0.2, 0.25) is 5.91 Å². The highest BCUT2D eigenvalue weighted by molar-refractivity contribution is 7.90. The Morgan fingerprint density at radius 1 is 1.00 bits per heavy atom. The van der Waals surface area contributed by atoms with E-state index in [1.807, 2.05) is 18.2 Å². The van der Waals surface area contributed by atoms with Gasteiger partial charge in [0.1, 0.15) is 5.82 Å². The van der Waals surface area contributed by atoms with E-state index in [4.69, 9.17) is 11.5 Å². The number of nitrogens with zero attached hydrogens (tertiary/aromatic N) is 1. The van der Waals surface area contributed by atoms with E-state index in [1.165, 1.54) is 6.26 Å². The van der Waals surface area contributed by atoms with E-state index in [0.29, 0.717) is 17.8 Å². The van der Waals surface area contributed by atoms with Crippen LogP contribution in [0.3, 0.4) is 0 Å². The minimum Gasteiger partial charge on any atom is -0.383 e. The maximum absolute atomic E-state index is 11.6. The number of carbonyl (C=O) groups is 1. The summed E-state index contributed by atoms with van der Waals surface area (Å²) in [6.07, 6.45) is 3.38. The number of nitrogen functional groups attached to an aromatic ring is 1. The highest BCUT2D eigenvalue weighted by atomic mass is 32.2. The highest BCUT2D eigenvalue weighted by Crippen LogP contribution is 2.25. The number of hydrogen-bond donors (Lipinski definition) is 2. The van der Waals surface area contributed by atoms with Gasteiger partial charge in [0.25, 0.3) is 0 Å². The van der Waals surface area contributed by atoms with Crippen LogP contribution in [0, 0.1) is 0 Å². The first-order chi connectivity index (χ1) is 12.7. The molecule has 4 N–H and O–H groups in total. The van der Waals surface area contributed by atoms with E-state index in [9.17, 15) is 13.2 Å². The number of aromatic nitrogens is 1. The fourth-order valence-electron chi connectivity index (χ4n) is 2.72. The predicted octanol–water partition coefficient (Wildman–Crippen LogP) is 2.42. The molecule has 0 saturated carbocycles. The standard InChI is InChI=1S/C20H19N3O3S/c1-27(25,26)18-8-6-14(7-9-18)17-11-16(19(21)23-12-17)10-13-2-4-15(5-3-13)20(22)24/h2-9,11-12H,10H2,1H3,(H2,21,23)(H2,22,24). The first-order valence-corrected chi connectivity index (χ1v) is 10.1. The van der Waals surface area contributed by atoms with Gasteiger partial charge in [-0.3, -0.25) is 4.79 Å². The summed E-state index contributed by atoms with van der Waals surface area (Å²) < 4.78 is 23.2. The van der Waals surface area contributed by atoms with Crippen LogP contribution in [0.4, 0.5) is 5.82 Å². The second-order valence-corrected chi connectivity index (χ2v) is 8.32. The van der Waals surface area contributed by atoms with E-state index in [-0.39, 0.29) is 4.90 Å². The van der Waals surface area contributed by atoms with Crippen molar-refractivity contribution in [2.75, 3.05) is 12.0 Å². The fraction of sp³-hybridized carbons (Fsp3) is 0.100. The third kappa shape index (κ3) is 4.32. The summed E-state index contributed by atoms with van der Waals surface area (Å²) >= 11 is 0. The summed E-state index contributed by atoms with van der Waals surface area (Å²) in [5, 5.41) is 0. The lowest BCUT2D eigenvalue weighted by Crippen LogP contribution is -2.10. The predicted molar refractivity (Wildman–Crippen MR) is 105 cm³/mol. The van der Waals surface area contributed by atoms with Crippen molar-refractivity contribution < 1.29 is 13.2 Å². The molecule has 0 saturated heterocycles. The van der Waals surface area contributed by atoms with Gasteiger partial charge >= 0.3 is 0 Å². The van der Waals surface area contributed by atoms with E-state index < -0.39 is 15.7 Å². The molecule has 1 heterocycles. The van der Waals surface area contributed by atoms with Crippen LogP contribution in [0.2, 0.25) is 0 Å². The average Bonchev–Trinajstić information content (AvgIpc) is 2.63. The third-order valence-corrected chi connectivity index (χ3v) is 5.38. The number of rotatable bonds is 5. The molecule has 0 radical (unpaired) electrons. The summed E-state index contributed by atoms with van der Waals surface area (Å²) in [6.45, 7) is 0. The lowest BCUT2D eigenvalue weighted by atomic mass is 10.0. The molecular formula is C20H19N3O3S. The van der Waals surface area contributed by atoms with Crippen molar-refractivity contribution in [3.05, 3.63) is 77.5 Å². The SMILES string of the molecule is CS(=O)(=O)c1ccc(-c2cnc(N)c(Cc3ccc(C(N)=O)cc3)c2)cc1. The lowest BCUT2D eigenvalue weighted by Gasteiger charge is -2.09. The van der Waals surface area contributed by atoms with Crippen molar-refractivity contribution >= 4 is 21.6 Å². The van der Waals surface area contributed by atoms with Crippen molar-refractivity contribution in [1.29, 1.82) is 0 Å². The number of anilines is 1. The molecule has 0 atom stereocenters. The lowest BCUT2D eigenvalue weighted by molar-refractivity contribution is 0.100. The third-order valence-electron chi connectivity index (χ3n) is 4.25. The Labute approximate surface area is 157 Å². The second-order valence-electron chi connectivity index (χ2n) is 6.30. The first-order valence-electron chi connectivity index (χ1n) is 8.17. The van der Waals surface area contributed by atoms with E-state index in [1.54, 1.807) is 42.6 Å². The maximum atomic E-state index is 11.6. The summed E-state index contributed by atoms with van der Waals surface area (Å²) in [5.41, 5.74) is 15.2. The van der Waals surface area contributed by atoms with E-state index >= 15 is 0 Å². The molecule has 0 aliphatic heterocycles. The van der Waals surface area contributed by atoms with E-state index in [0.717, 1.165) is 22.3 Å². The normalized spacial score (nSPS) is 11.3. The Morgan fingerprint density at radius 2 is 1.63 bits per heavy atom. The molecule has 3 rings (SSSR count). The molecule has 0 spiro atoms. The Balaban J connectivity index is 1.89. The number of primary amides is 1. The molecule has 3 aromatic rings. The van der Waals surface area contributed by atoms with Crippen LogP contribution in [0.25, 0.3) is 11.1 Å². The van der Waals surface area contributed by atoms with Gasteiger partial charge in [-0.2, -0.15) is 0 Å². The zero-order valence-corrected chi connectivity index (χ0v) is 15.5. The van der Waals surface area contributed by atoms with Crippen LogP contribution in [-0.4, -0.2) is 25.6 Å². The number of sulfone groups is 1. The molecule has 138 valence electrons. The fourth-order valence-corrected chi connectivity index (χ4v) is 3.35. The highest BCUT2D eigenvalue weighted by Gasteiger charge is 2.09. The van der Waals surface area contributed by atoms with Gasteiger partial charge in [-0.1, -0.05) is 24.3 Å². The molecule has 2 aromatic carbocycles. The molecule has 7 heteroatoms. The van der Waals surface area contributed by atoms with Gasteiger partial charge in [0, 0.05) is 30.0 Å². The van der Waals surface area contributed by atoms with Crippen LogP contribution in [0.15, 0.2) is 65.7 Å². The topological polar surface area (TPSA) is 116 Å². The first kappa shape index (κ1) is 18.6. The van der Waals surface area contributed by atoms with Crippen LogP contribution in [-0.2, 0) is 16.3 Å². The summed E-state index contributed by atoms with van der Waals surface area (Å²) in [7, 11) is -3.24. The molecular weight excluding hydrogens is 362 g/mol. The number of nitrogens with two attached hydrogens (primary N) is 2. The van der Waals surface area contributed by atoms with Crippen molar-refractivity contribution in [2.45, 2.75) is 11.3 Å². The summed E-state index contributed by atoms with van der Waals surface area (Å²) in [5.74, 6) is -0.0484. The smallest absolute Gasteiger partial charge is 0.248 e. The molecule has 6 nitrogen and oxygen atoms in total. The monoisotopic (exact) mass is 381 g/mol. The van der Waals surface area contributed by atoms with Crippen molar-refractivity contribution in [1.82, 2.24) is 4.98 Å². The zero-order valence-electron chi connectivity index (χ0n) is 14.7. The number of amides is 1. The summed E-state index contributed by atoms with van der Waals surface area (Å²) in [4.78, 5) is 15.7. The van der Waals surface area contributed by atoms with Gasteiger partial charge in [-0.25, -0.2) is 13.4 Å². The molecule has 0 bridgehead atoms. The zero-order chi connectivity index (χ0) is 19.6. The largest absolute Gasteiger partial charge is 0.383 e. The van der Waals surface area contributed by atoms with Crippen molar-refractivity contribution in [3.8, 4) is 11.1 Å². The second kappa shape index (κ2) is 7.20. The number of carbonyl (C=O) groups excluding carboxylic acids is 1. The maximum Gasteiger partial charge on any atom is 0.248 e. The summed E-state index contributed by atoms with van der Waals surface area (Å²) in [6, 6.07) is 15.6. The van der Waals surface area contributed by atoms with Crippen LogP contribution >= 0.6 is 0 Å². The molecule has 0 unspecified atom stereocenters. The van der Waals surface area contributed by atoms with Crippen molar-refractivity contribution in [3.63, 3.8) is 0 Å². The number of hydrogen-bond acceptors (Lipinski definition) is 5. The molecule has 0 aliphatic carbocycles.